The lowest BCUT2D eigenvalue weighted by atomic mass is 10.1. The van der Waals surface area contributed by atoms with Crippen molar-refractivity contribution in [2.45, 2.75) is 19.6 Å². The van der Waals surface area contributed by atoms with Gasteiger partial charge in [-0.1, -0.05) is 30.3 Å². The monoisotopic (exact) mass is 242 g/mol. The fraction of sp³-hybridized carbons (Fsp3) is 0.267. The molecule has 0 aliphatic carbocycles. The van der Waals surface area contributed by atoms with Gasteiger partial charge >= 0.3 is 0 Å². The number of rotatable bonds is 5. The summed E-state index contributed by atoms with van der Waals surface area (Å²) in [5.74, 6) is 0.864. The van der Waals surface area contributed by atoms with Gasteiger partial charge in [0.05, 0.1) is 12.7 Å². The highest BCUT2D eigenvalue weighted by atomic mass is 16.5. The summed E-state index contributed by atoms with van der Waals surface area (Å²) in [5.41, 5.74) is 2.32. The molecule has 2 rings (SSSR count). The van der Waals surface area contributed by atoms with Crippen molar-refractivity contribution < 1.29 is 4.74 Å². The molecule has 18 heavy (non-hydrogen) atoms. The first kappa shape index (κ1) is 12.6. The van der Waals surface area contributed by atoms with E-state index < -0.39 is 0 Å². The molecule has 94 valence electrons. The normalized spacial score (nSPS) is 12.1. The van der Waals surface area contributed by atoms with Gasteiger partial charge in [0.1, 0.15) is 5.82 Å². The Kier molecular flexibility index (Phi) is 4.31. The van der Waals surface area contributed by atoms with Gasteiger partial charge in [0.25, 0.3) is 0 Å². The lowest BCUT2D eigenvalue weighted by Crippen LogP contribution is -2.01. The summed E-state index contributed by atoms with van der Waals surface area (Å²) in [5, 5.41) is 3.02. The van der Waals surface area contributed by atoms with Crippen LogP contribution in [0.15, 0.2) is 48.7 Å². The molecule has 1 unspecified atom stereocenters. The van der Waals surface area contributed by atoms with E-state index in [0.717, 1.165) is 11.4 Å². The predicted octanol–water partition coefficient (Wildman–Crippen LogP) is 3.40. The summed E-state index contributed by atoms with van der Waals surface area (Å²) in [4.78, 5) is 4.18. The van der Waals surface area contributed by atoms with Crippen molar-refractivity contribution in [2.75, 3.05) is 12.4 Å². The van der Waals surface area contributed by atoms with Gasteiger partial charge in [-0.05, 0) is 30.2 Å². The number of hydrogen-bond acceptors (Lipinski definition) is 3. The molecular weight excluding hydrogens is 224 g/mol. The van der Waals surface area contributed by atoms with Gasteiger partial charge in [0, 0.05) is 13.2 Å². The minimum Gasteiger partial charge on any atom is -0.373 e. The molecule has 1 N–H and O–H groups in total. The van der Waals surface area contributed by atoms with Crippen molar-refractivity contribution >= 4 is 5.82 Å². The second-order valence-corrected chi connectivity index (χ2v) is 4.16. The minimum absolute atomic E-state index is 0.0948. The molecule has 0 saturated carbocycles. The second kappa shape index (κ2) is 6.17. The Morgan fingerprint density at radius 3 is 2.72 bits per heavy atom. The van der Waals surface area contributed by atoms with Crippen LogP contribution in [-0.2, 0) is 11.3 Å². The first-order valence-corrected chi connectivity index (χ1v) is 6.09. The molecular formula is C15H18N2O. The Balaban J connectivity index is 1.95. The Morgan fingerprint density at radius 1 is 1.22 bits per heavy atom. The molecule has 0 bridgehead atoms. The third-order valence-electron chi connectivity index (χ3n) is 2.85. The number of anilines is 1. The van der Waals surface area contributed by atoms with Gasteiger partial charge in [0.15, 0.2) is 0 Å². The van der Waals surface area contributed by atoms with E-state index >= 15 is 0 Å². The highest BCUT2D eigenvalue weighted by Gasteiger charge is 2.05. The standard InChI is InChI=1S/C15H18N2O/c1-12(14-6-4-3-5-7-14)18-11-13-8-9-17-15(10-13)16-2/h3-10,12H,11H2,1-2H3,(H,16,17). The van der Waals surface area contributed by atoms with Gasteiger partial charge in [-0.15, -0.1) is 0 Å². The molecule has 0 aliphatic heterocycles. The molecule has 3 nitrogen and oxygen atoms in total. The smallest absolute Gasteiger partial charge is 0.125 e. The van der Waals surface area contributed by atoms with Gasteiger partial charge in [-0.2, -0.15) is 0 Å². The molecule has 1 heterocycles. The molecule has 1 aromatic heterocycles. The number of hydrogen-bond donors (Lipinski definition) is 1. The van der Waals surface area contributed by atoms with Crippen LogP contribution in [0.25, 0.3) is 0 Å². The van der Waals surface area contributed by atoms with Crippen molar-refractivity contribution in [2.24, 2.45) is 0 Å². The second-order valence-electron chi connectivity index (χ2n) is 4.16. The molecule has 2 aromatic rings. The average molecular weight is 242 g/mol. The molecule has 3 heteroatoms. The fourth-order valence-electron chi connectivity index (χ4n) is 1.74. The summed E-state index contributed by atoms with van der Waals surface area (Å²) >= 11 is 0. The average Bonchev–Trinajstić information content (AvgIpc) is 2.46. The SMILES string of the molecule is CNc1cc(COC(C)c2ccccc2)ccn1. The Bertz CT molecular complexity index is 485. The van der Waals surface area contributed by atoms with E-state index in [1.165, 1.54) is 5.56 Å². The topological polar surface area (TPSA) is 34.1 Å². The third-order valence-corrected chi connectivity index (χ3v) is 2.85. The highest BCUT2D eigenvalue weighted by molar-refractivity contribution is 5.36. The minimum atomic E-state index is 0.0948. The van der Waals surface area contributed by atoms with Gasteiger partial charge < -0.3 is 10.1 Å². The number of nitrogens with one attached hydrogen (secondary N) is 1. The van der Waals surface area contributed by atoms with E-state index in [1.807, 2.05) is 37.4 Å². The molecule has 0 spiro atoms. The molecule has 1 aromatic carbocycles. The molecule has 0 fully saturated rings. The van der Waals surface area contributed by atoms with Crippen molar-refractivity contribution in [3.05, 3.63) is 59.8 Å². The van der Waals surface area contributed by atoms with Crippen molar-refractivity contribution in [1.82, 2.24) is 4.98 Å². The maximum Gasteiger partial charge on any atom is 0.125 e. The molecule has 0 radical (unpaired) electrons. The van der Waals surface area contributed by atoms with E-state index in [2.05, 4.69) is 29.4 Å². The van der Waals surface area contributed by atoms with Crippen molar-refractivity contribution in [1.29, 1.82) is 0 Å². The third kappa shape index (κ3) is 3.31. The zero-order valence-corrected chi connectivity index (χ0v) is 10.8. The van der Waals surface area contributed by atoms with Crippen LogP contribution in [0.5, 0.6) is 0 Å². The van der Waals surface area contributed by atoms with Crippen LogP contribution in [0.2, 0.25) is 0 Å². The first-order chi connectivity index (χ1) is 8.79. The van der Waals surface area contributed by atoms with Crippen LogP contribution in [0.4, 0.5) is 5.82 Å². The molecule has 0 saturated heterocycles. The molecule has 0 amide bonds. The van der Waals surface area contributed by atoms with Crippen molar-refractivity contribution in [3.63, 3.8) is 0 Å². The van der Waals surface area contributed by atoms with Crippen LogP contribution in [0.1, 0.15) is 24.2 Å². The number of pyridine rings is 1. The lowest BCUT2D eigenvalue weighted by Gasteiger charge is -2.13. The number of aromatic nitrogens is 1. The van der Waals surface area contributed by atoms with Crippen molar-refractivity contribution in [3.8, 4) is 0 Å². The maximum absolute atomic E-state index is 5.86. The van der Waals surface area contributed by atoms with Gasteiger partial charge in [-0.25, -0.2) is 4.98 Å². The zero-order chi connectivity index (χ0) is 12.8. The van der Waals surface area contributed by atoms with Crippen LogP contribution >= 0.6 is 0 Å². The van der Waals surface area contributed by atoms with Crippen LogP contribution in [-0.4, -0.2) is 12.0 Å². The number of benzene rings is 1. The Morgan fingerprint density at radius 2 is 2.00 bits per heavy atom. The summed E-state index contributed by atoms with van der Waals surface area (Å²) in [7, 11) is 1.86. The summed E-state index contributed by atoms with van der Waals surface area (Å²) < 4.78 is 5.86. The zero-order valence-electron chi connectivity index (χ0n) is 10.8. The fourth-order valence-corrected chi connectivity index (χ4v) is 1.74. The van der Waals surface area contributed by atoms with Crippen LogP contribution < -0.4 is 5.32 Å². The number of ether oxygens (including phenoxy) is 1. The molecule has 0 aliphatic rings. The number of nitrogens with zero attached hydrogens (tertiary/aromatic N) is 1. The van der Waals surface area contributed by atoms with E-state index in [4.69, 9.17) is 4.74 Å². The predicted molar refractivity (Wildman–Crippen MR) is 73.4 cm³/mol. The molecule has 1 atom stereocenters. The summed E-state index contributed by atoms with van der Waals surface area (Å²) in [6, 6.07) is 14.2. The van der Waals surface area contributed by atoms with E-state index in [1.54, 1.807) is 6.20 Å². The Labute approximate surface area is 108 Å². The van der Waals surface area contributed by atoms with E-state index in [9.17, 15) is 0 Å². The summed E-state index contributed by atoms with van der Waals surface area (Å²) in [6.45, 7) is 2.66. The Hall–Kier alpha value is -1.87. The van der Waals surface area contributed by atoms with Gasteiger partial charge in [-0.3, -0.25) is 0 Å². The quantitative estimate of drug-likeness (QED) is 0.872. The van der Waals surface area contributed by atoms with Crippen LogP contribution in [0.3, 0.4) is 0 Å². The first-order valence-electron chi connectivity index (χ1n) is 6.09. The van der Waals surface area contributed by atoms with E-state index in [0.29, 0.717) is 6.61 Å². The summed E-state index contributed by atoms with van der Waals surface area (Å²) in [6.07, 6.45) is 1.88. The maximum atomic E-state index is 5.86. The van der Waals surface area contributed by atoms with Crippen LogP contribution in [0, 0.1) is 0 Å². The highest BCUT2D eigenvalue weighted by Crippen LogP contribution is 2.18. The van der Waals surface area contributed by atoms with E-state index in [-0.39, 0.29) is 6.10 Å². The van der Waals surface area contributed by atoms with Gasteiger partial charge in [0.2, 0.25) is 0 Å². The largest absolute Gasteiger partial charge is 0.373 e. The lowest BCUT2D eigenvalue weighted by molar-refractivity contribution is 0.0525.